The molecule has 170 valence electrons. The summed E-state index contributed by atoms with van der Waals surface area (Å²) in [5, 5.41) is 0. The quantitative estimate of drug-likeness (QED) is 0.308. The van der Waals surface area contributed by atoms with Crippen molar-refractivity contribution in [2.45, 2.75) is 0 Å². The Kier molecular flexibility index (Phi) is 6.50. The van der Waals surface area contributed by atoms with Crippen LogP contribution in [-0.2, 0) is 28.2 Å². The Morgan fingerprint density at radius 1 is 0.706 bits per heavy atom. The van der Waals surface area contributed by atoms with Crippen molar-refractivity contribution in [3.05, 3.63) is 96.3 Å². The molecule has 34 heavy (non-hydrogen) atoms. The number of nitrogens with zero attached hydrogens (tertiary/aromatic N) is 4. The van der Waals surface area contributed by atoms with Crippen LogP contribution in [0.1, 0.15) is 20.7 Å². The molecule has 0 saturated carbocycles. The first-order valence-electron chi connectivity index (χ1n) is 11.0. The fourth-order valence-electron chi connectivity index (χ4n) is 4.29. The highest BCUT2D eigenvalue weighted by molar-refractivity contribution is 5.78. The summed E-state index contributed by atoms with van der Waals surface area (Å²) in [6, 6.07) is 23.5. The number of carbonyl (C=O) groups is 2. The highest BCUT2D eigenvalue weighted by Gasteiger charge is 2.21. The number of benzene rings is 3. The summed E-state index contributed by atoms with van der Waals surface area (Å²) >= 11 is 0. The molecule has 2 aromatic heterocycles. The number of aldehydes is 2. The number of rotatable bonds is 4. The summed E-state index contributed by atoms with van der Waals surface area (Å²) in [4.78, 5) is 21.2. The van der Waals surface area contributed by atoms with Crippen molar-refractivity contribution in [3.8, 4) is 22.8 Å². The van der Waals surface area contributed by atoms with Gasteiger partial charge in [-0.05, 0) is 36.4 Å². The zero-order valence-electron chi connectivity index (χ0n) is 19.8. The number of para-hydroxylation sites is 2. The summed E-state index contributed by atoms with van der Waals surface area (Å²) in [6.45, 7) is 0. The fourth-order valence-corrected chi connectivity index (χ4v) is 4.29. The predicted octanol–water partition coefficient (Wildman–Crippen LogP) is 3.81. The number of hydrogen-bond donors (Lipinski definition) is 0. The minimum atomic E-state index is 0.699. The molecule has 0 fully saturated rings. The minimum absolute atomic E-state index is 0.699. The number of fused-ring (bicyclic) bond motifs is 1. The maximum absolute atomic E-state index is 10.7. The Morgan fingerprint density at radius 3 is 1.71 bits per heavy atom. The molecule has 0 saturated heterocycles. The molecule has 0 aliphatic carbocycles. The molecular weight excluding hydrogens is 424 g/mol. The molecule has 6 nitrogen and oxygen atoms in total. The maximum Gasteiger partial charge on any atom is 0.289 e. The van der Waals surface area contributed by atoms with Crippen LogP contribution in [0.2, 0.25) is 0 Å². The van der Waals surface area contributed by atoms with Gasteiger partial charge < -0.3 is 0 Å². The second-order valence-corrected chi connectivity index (χ2v) is 8.25. The highest BCUT2D eigenvalue weighted by atomic mass is 16.1. The normalized spacial score (nSPS) is 10.6. The zero-order valence-corrected chi connectivity index (χ0v) is 19.8. The highest BCUT2D eigenvalue weighted by Crippen LogP contribution is 2.21. The third-order valence-corrected chi connectivity index (χ3v) is 6.03. The van der Waals surface area contributed by atoms with E-state index in [9.17, 15) is 9.59 Å². The van der Waals surface area contributed by atoms with Crippen molar-refractivity contribution in [2.75, 3.05) is 0 Å². The lowest BCUT2D eigenvalue weighted by molar-refractivity contribution is -0.659. The molecule has 0 aliphatic heterocycles. The van der Waals surface area contributed by atoms with E-state index in [0.29, 0.717) is 11.1 Å². The standard InChI is InChI=1S/C16H15N2O.C12H13N2O/c1-17-14-5-3-4-6-15(14)18(2)16(17)13-9-7-12(11-19)8-10-13;1-13-7-8-14(2)12(13)11-5-3-10(9-15)4-6-11/h3-11H,1-2H3;3-9H,1-2H3/q2*+1. The summed E-state index contributed by atoms with van der Waals surface area (Å²) < 4.78 is 8.45. The molecule has 0 unspecified atom stereocenters. The number of hydrogen-bond acceptors (Lipinski definition) is 2. The molecular formula is C28H28N4O2+2. The van der Waals surface area contributed by atoms with E-state index in [0.717, 1.165) is 35.3 Å². The van der Waals surface area contributed by atoms with Gasteiger partial charge in [-0.25, -0.2) is 18.3 Å². The summed E-state index contributed by atoms with van der Waals surface area (Å²) in [7, 11) is 8.13. The lowest BCUT2D eigenvalue weighted by Crippen LogP contribution is -2.29. The van der Waals surface area contributed by atoms with E-state index in [-0.39, 0.29) is 0 Å². The van der Waals surface area contributed by atoms with E-state index >= 15 is 0 Å². The van der Waals surface area contributed by atoms with Gasteiger partial charge in [-0.3, -0.25) is 9.59 Å². The van der Waals surface area contributed by atoms with Crippen LogP contribution in [-0.4, -0.2) is 21.7 Å². The summed E-state index contributed by atoms with van der Waals surface area (Å²) in [5.74, 6) is 2.24. The van der Waals surface area contributed by atoms with Crippen molar-refractivity contribution in [2.24, 2.45) is 28.2 Å². The zero-order chi connectivity index (χ0) is 24.2. The first-order chi connectivity index (χ1) is 16.4. The SMILES string of the molecule is Cn1c(-c2ccc(C=O)cc2)[n+](C)c2ccccc21.Cn1cc[n+](C)c1-c1ccc(C=O)cc1. The number of imidazole rings is 2. The van der Waals surface area contributed by atoms with Crippen LogP contribution in [0.15, 0.2) is 85.2 Å². The smallest absolute Gasteiger partial charge is 0.289 e. The van der Waals surface area contributed by atoms with Crippen molar-refractivity contribution in [1.82, 2.24) is 9.13 Å². The Hall–Kier alpha value is -4.32. The van der Waals surface area contributed by atoms with Crippen LogP contribution in [0.3, 0.4) is 0 Å². The van der Waals surface area contributed by atoms with Gasteiger partial charge >= 0.3 is 0 Å². The minimum Gasteiger partial charge on any atom is -0.298 e. The number of aryl methyl sites for hydroxylation is 4. The molecule has 3 aromatic carbocycles. The molecule has 0 N–H and O–H groups in total. The van der Waals surface area contributed by atoms with E-state index < -0.39 is 0 Å². The maximum atomic E-state index is 10.7. The van der Waals surface area contributed by atoms with E-state index in [4.69, 9.17) is 0 Å². The van der Waals surface area contributed by atoms with Gasteiger partial charge in [-0.15, -0.1) is 0 Å². The second kappa shape index (κ2) is 9.67. The number of carbonyl (C=O) groups excluding carboxylic acids is 2. The van der Waals surface area contributed by atoms with Gasteiger partial charge in [0.2, 0.25) is 0 Å². The van der Waals surface area contributed by atoms with Crippen molar-refractivity contribution in [1.29, 1.82) is 0 Å². The van der Waals surface area contributed by atoms with Crippen LogP contribution >= 0.6 is 0 Å². The van der Waals surface area contributed by atoms with Gasteiger partial charge in [0, 0.05) is 11.1 Å². The van der Waals surface area contributed by atoms with E-state index in [1.807, 2.05) is 87.2 Å². The van der Waals surface area contributed by atoms with Gasteiger partial charge in [0.15, 0.2) is 11.0 Å². The third kappa shape index (κ3) is 4.30. The topological polar surface area (TPSA) is 51.8 Å². The molecule has 6 heteroatoms. The molecule has 5 aromatic rings. The van der Waals surface area contributed by atoms with E-state index in [2.05, 4.69) is 44.5 Å². The predicted molar refractivity (Wildman–Crippen MR) is 132 cm³/mol. The average Bonchev–Trinajstić information content (AvgIpc) is 3.34. The summed E-state index contributed by atoms with van der Waals surface area (Å²) in [5.41, 5.74) is 6.00. The van der Waals surface area contributed by atoms with Crippen LogP contribution < -0.4 is 9.13 Å². The van der Waals surface area contributed by atoms with Gasteiger partial charge in [-0.1, -0.05) is 36.4 Å². The number of aromatic nitrogens is 4. The van der Waals surface area contributed by atoms with Gasteiger partial charge in [0.05, 0.1) is 39.3 Å². The molecule has 0 bridgehead atoms. The Labute approximate surface area is 199 Å². The molecule has 0 spiro atoms. The van der Waals surface area contributed by atoms with Gasteiger partial charge in [0.25, 0.3) is 11.6 Å². The Morgan fingerprint density at radius 2 is 1.24 bits per heavy atom. The van der Waals surface area contributed by atoms with E-state index in [1.54, 1.807) is 0 Å². The lowest BCUT2D eigenvalue weighted by Gasteiger charge is -1.99. The van der Waals surface area contributed by atoms with Crippen LogP contribution in [0.4, 0.5) is 0 Å². The largest absolute Gasteiger partial charge is 0.298 e. The second-order valence-electron chi connectivity index (χ2n) is 8.25. The van der Waals surface area contributed by atoms with E-state index in [1.165, 1.54) is 11.0 Å². The van der Waals surface area contributed by atoms with Gasteiger partial charge in [0.1, 0.15) is 25.0 Å². The third-order valence-electron chi connectivity index (χ3n) is 6.03. The van der Waals surface area contributed by atoms with Crippen LogP contribution in [0, 0.1) is 0 Å². The Balaban J connectivity index is 0.000000166. The fraction of sp³-hybridized carbons (Fsp3) is 0.143. The lowest BCUT2D eigenvalue weighted by atomic mass is 10.1. The molecule has 2 heterocycles. The average molecular weight is 453 g/mol. The van der Waals surface area contributed by atoms with Gasteiger partial charge in [-0.2, -0.15) is 0 Å². The molecule has 5 rings (SSSR count). The van der Waals surface area contributed by atoms with Crippen LogP contribution in [0.25, 0.3) is 33.8 Å². The van der Waals surface area contributed by atoms with Crippen molar-refractivity contribution in [3.63, 3.8) is 0 Å². The molecule has 0 atom stereocenters. The Bertz CT molecular complexity index is 1400. The van der Waals surface area contributed by atoms with Crippen molar-refractivity contribution >= 4 is 23.6 Å². The first-order valence-corrected chi connectivity index (χ1v) is 11.0. The molecule has 0 radical (unpaired) electrons. The summed E-state index contributed by atoms with van der Waals surface area (Å²) in [6.07, 6.45) is 5.73. The van der Waals surface area contributed by atoms with Crippen molar-refractivity contribution < 1.29 is 18.7 Å². The monoisotopic (exact) mass is 452 g/mol. The molecule has 0 amide bonds. The molecule has 0 aliphatic rings. The van der Waals surface area contributed by atoms with Crippen LogP contribution in [0.5, 0.6) is 0 Å². The first kappa shape index (κ1) is 22.9.